The molecular formula is C11H16N2O4. The fourth-order valence-electron chi connectivity index (χ4n) is 1.15. The average Bonchev–Trinajstić information content (AvgIpc) is 2.29. The molecule has 1 aromatic rings. The minimum Gasteiger partial charge on any atom is -0.462 e. The van der Waals surface area contributed by atoms with Crippen LogP contribution in [0.3, 0.4) is 0 Å². The highest BCUT2D eigenvalue weighted by atomic mass is 16.5. The third-order valence-corrected chi connectivity index (χ3v) is 2.38. The standard InChI is InChI=1S/C11H16N2O4/c1-5-17-9(15)7-6-12-10(13-8(7)14)11(2,3)16-4/h6H,5H2,1-4H3,(H,12,13,14). The number of methoxy groups -OCH3 is 1. The van der Waals surface area contributed by atoms with Crippen molar-refractivity contribution >= 4 is 5.97 Å². The molecule has 0 aliphatic heterocycles. The molecule has 94 valence electrons. The van der Waals surface area contributed by atoms with Crippen molar-refractivity contribution in [3.63, 3.8) is 0 Å². The van der Waals surface area contributed by atoms with Crippen LogP contribution in [0, 0.1) is 0 Å². The second-order valence-electron chi connectivity index (χ2n) is 3.91. The number of nitrogens with one attached hydrogen (secondary N) is 1. The van der Waals surface area contributed by atoms with Crippen molar-refractivity contribution in [1.82, 2.24) is 9.97 Å². The van der Waals surface area contributed by atoms with E-state index in [0.717, 1.165) is 0 Å². The summed E-state index contributed by atoms with van der Waals surface area (Å²) in [5.41, 5.74) is -1.35. The Morgan fingerprint density at radius 3 is 2.65 bits per heavy atom. The number of carbonyl (C=O) groups excluding carboxylic acids is 1. The molecule has 6 nitrogen and oxygen atoms in total. The second-order valence-corrected chi connectivity index (χ2v) is 3.91. The molecule has 0 aliphatic carbocycles. The van der Waals surface area contributed by atoms with Gasteiger partial charge in [0, 0.05) is 13.3 Å². The number of hydrogen-bond acceptors (Lipinski definition) is 5. The van der Waals surface area contributed by atoms with Gasteiger partial charge in [-0.15, -0.1) is 0 Å². The minimum absolute atomic E-state index is 0.109. The lowest BCUT2D eigenvalue weighted by Gasteiger charge is -2.21. The van der Waals surface area contributed by atoms with Crippen LogP contribution in [-0.2, 0) is 15.1 Å². The summed E-state index contributed by atoms with van der Waals surface area (Å²) >= 11 is 0. The third-order valence-electron chi connectivity index (χ3n) is 2.38. The molecule has 0 fully saturated rings. The zero-order valence-electron chi connectivity index (χ0n) is 10.4. The van der Waals surface area contributed by atoms with Crippen LogP contribution in [-0.4, -0.2) is 29.7 Å². The topological polar surface area (TPSA) is 81.3 Å². The molecule has 0 radical (unpaired) electrons. The molecule has 0 saturated carbocycles. The highest BCUT2D eigenvalue weighted by Gasteiger charge is 2.24. The van der Waals surface area contributed by atoms with Crippen LogP contribution in [0.4, 0.5) is 0 Å². The summed E-state index contributed by atoms with van der Waals surface area (Å²) in [6.07, 6.45) is 1.20. The zero-order chi connectivity index (χ0) is 13.1. The van der Waals surface area contributed by atoms with E-state index in [1.54, 1.807) is 20.8 Å². The Morgan fingerprint density at radius 1 is 1.53 bits per heavy atom. The van der Waals surface area contributed by atoms with Crippen molar-refractivity contribution in [3.05, 3.63) is 27.9 Å². The lowest BCUT2D eigenvalue weighted by atomic mass is 10.1. The Balaban J connectivity index is 3.11. The Kier molecular flexibility index (Phi) is 4.01. The van der Waals surface area contributed by atoms with Crippen molar-refractivity contribution in [3.8, 4) is 0 Å². The van der Waals surface area contributed by atoms with Crippen LogP contribution in [0.1, 0.15) is 37.0 Å². The van der Waals surface area contributed by atoms with Crippen molar-refractivity contribution in [2.75, 3.05) is 13.7 Å². The predicted molar refractivity (Wildman–Crippen MR) is 60.8 cm³/mol. The van der Waals surface area contributed by atoms with Gasteiger partial charge in [-0.1, -0.05) is 0 Å². The molecule has 1 N–H and O–H groups in total. The van der Waals surface area contributed by atoms with Crippen molar-refractivity contribution in [1.29, 1.82) is 0 Å². The van der Waals surface area contributed by atoms with E-state index in [1.807, 2.05) is 0 Å². The first-order valence-corrected chi connectivity index (χ1v) is 5.24. The molecule has 1 heterocycles. The number of hydrogen-bond donors (Lipinski definition) is 1. The van der Waals surface area contributed by atoms with Crippen LogP contribution < -0.4 is 5.56 Å². The van der Waals surface area contributed by atoms with E-state index in [-0.39, 0.29) is 12.2 Å². The summed E-state index contributed by atoms with van der Waals surface area (Å²) in [6, 6.07) is 0. The maximum absolute atomic E-state index is 11.7. The van der Waals surface area contributed by atoms with Crippen LogP contribution in [0.5, 0.6) is 0 Å². The first kappa shape index (κ1) is 13.4. The van der Waals surface area contributed by atoms with Crippen LogP contribution >= 0.6 is 0 Å². The largest absolute Gasteiger partial charge is 0.462 e. The fraction of sp³-hybridized carbons (Fsp3) is 0.545. The minimum atomic E-state index is -0.716. The highest BCUT2D eigenvalue weighted by molar-refractivity contribution is 5.88. The predicted octanol–water partition coefficient (Wildman–Crippen LogP) is 0.828. The van der Waals surface area contributed by atoms with Gasteiger partial charge < -0.3 is 14.5 Å². The normalized spacial score (nSPS) is 11.3. The monoisotopic (exact) mass is 240 g/mol. The van der Waals surface area contributed by atoms with Crippen molar-refractivity contribution < 1.29 is 14.3 Å². The number of nitrogens with zero attached hydrogens (tertiary/aromatic N) is 1. The number of rotatable bonds is 4. The van der Waals surface area contributed by atoms with Gasteiger partial charge in [0.15, 0.2) is 0 Å². The molecule has 0 aliphatic rings. The number of H-pyrrole nitrogens is 1. The molecule has 1 rings (SSSR count). The number of carbonyl (C=O) groups is 1. The quantitative estimate of drug-likeness (QED) is 0.788. The molecule has 0 atom stereocenters. The summed E-state index contributed by atoms with van der Waals surface area (Å²) < 4.78 is 9.91. The Bertz CT molecular complexity index is 465. The van der Waals surface area contributed by atoms with Gasteiger partial charge in [0.2, 0.25) is 0 Å². The molecule has 1 aromatic heterocycles. The summed E-state index contributed by atoms with van der Waals surface area (Å²) in [4.78, 5) is 29.6. The molecule has 0 spiro atoms. The Labute approximate surface area is 99.0 Å². The lowest BCUT2D eigenvalue weighted by molar-refractivity contribution is 0.0111. The van der Waals surface area contributed by atoms with E-state index in [2.05, 4.69) is 9.97 Å². The first-order valence-electron chi connectivity index (χ1n) is 5.24. The van der Waals surface area contributed by atoms with E-state index < -0.39 is 17.1 Å². The first-order chi connectivity index (χ1) is 7.92. The van der Waals surface area contributed by atoms with Gasteiger partial charge in [0.25, 0.3) is 5.56 Å². The van der Waals surface area contributed by atoms with Gasteiger partial charge in [-0.3, -0.25) is 4.79 Å². The maximum Gasteiger partial charge on any atom is 0.345 e. The van der Waals surface area contributed by atoms with Gasteiger partial charge >= 0.3 is 5.97 Å². The summed E-state index contributed by atoms with van der Waals surface area (Å²) in [5.74, 6) is -0.318. The molecule has 0 bridgehead atoms. The number of aromatic amines is 1. The number of ether oxygens (including phenoxy) is 2. The lowest BCUT2D eigenvalue weighted by Crippen LogP contribution is -2.29. The van der Waals surface area contributed by atoms with E-state index >= 15 is 0 Å². The third kappa shape index (κ3) is 2.91. The van der Waals surface area contributed by atoms with E-state index in [1.165, 1.54) is 13.3 Å². The van der Waals surface area contributed by atoms with Crippen LogP contribution in [0.2, 0.25) is 0 Å². The van der Waals surface area contributed by atoms with Crippen molar-refractivity contribution in [2.24, 2.45) is 0 Å². The van der Waals surface area contributed by atoms with Crippen LogP contribution in [0.25, 0.3) is 0 Å². The molecule has 6 heteroatoms. The molecule has 0 aromatic carbocycles. The molecule has 17 heavy (non-hydrogen) atoms. The SMILES string of the molecule is CCOC(=O)c1cnc(C(C)(C)OC)[nH]c1=O. The number of aromatic nitrogens is 2. The smallest absolute Gasteiger partial charge is 0.345 e. The summed E-state index contributed by atoms with van der Waals surface area (Å²) in [6.45, 7) is 5.40. The van der Waals surface area contributed by atoms with E-state index in [4.69, 9.17) is 9.47 Å². The molecule has 0 unspecified atom stereocenters. The molecule has 0 amide bonds. The van der Waals surface area contributed by atoms with Gasteiger partial charge in [-0.25, -0.2) is 9.78 Å². The fourth-order valence-corrected chi connectivity index (χ4v) is 1.15. The Morgan fingerprint density at radius 2 is 2.18 bits per heavy atom. The van der Waals surface area contributed by atoms with Gasteiger partial charge in [0.05, 0.1) is 6.61 Å². The molecular weight excluding hydrogens is 224 g/mol. The van der Waals surface area contributed by atoms with Gasteiger partial charge in [-0.05, 0) is 20.8 Å². The highest BCUT2D eigenvalue weighted by Crippen LogP contribution is 2.18. The van der Waals surface area contributed by atoms with Crippen LogP contribution in [0.15, 0.2) is 11.0 Å². The summed E-state index contributed by atoms with van der Waals surface area (Å²) in [7, 11) is 1.51. The van der Waals surface area contributed by atoms with Gasteiger partial charge in [0.1, 0.15) is 17.0 Å². The maximum atomic E-state index is 11.7. The average molecular weight is 240 g/mol. The van der Waals surface area contributed by atoms with E-state index in [9.17, 15) is 9.59 Å². The van der Waals surface area contributed by atoms with Gasteiger partial charge in [-0.2, -0.15) is 0 Å². The Hall–Kier alpha value is -1.69. The van der Waals surface area contributed by atoms with Crippen molar-refractivity contribution in [2.45, 2.75) is 26.4 Å². The zero-order valence-corrected chi connectivity index (χ0v) is 10.4. The second kappa shape index (κ2) is 5.09. The van der Waals surface area contributed by atoms with E-state index in [0.29, 0.717) is 5.82 Å². The molecule has 0 saturated heterocycles. The summed E-state index contributed by atoms with van der Waals surface area (Å²) in [5, 5.41) is 0. The number of esters is 1.